The van der Waals surface area contributed by atoms with Gasteiger partial charge in [0.15, 0.2) is 0 Å². The van der Waals surface area contributed by atoms with E-state index in [1.807, 2.05) is 76.2 Å². The summed E-state index contributed by atoms with van der Waals surface area (Å²) >= 11 is 11.7. The first-order valence-corrected chi connectivity index (χ1v) is 12.6. The average molecular weight is 639 g/mol. The Morgan fingerprint density at radius 1 is 0.941 bits per heavy atom. The lowest BCUT2D eigenvalue weighted by Gasteiger charge is -2.04. The maximum absolute atomic E-state index is 11.3. The second-order valence-electron chi connectivity index (χ2n) is 6.73. The summed E-state index contributed by atoms with van der Waals surface area (Å²) in [6.45, 7) is 8.15. The van der Waals surface area contributed by atoms with Crippen LogP contribution in [0.5, 0.6) is 0 Å². The number of carbonyl (C=O) groups excluding carboxylic acids is 2. The van der Waals surface area contributed by atoms with Gasteiger partial charge in [-0.3, -0.25) is 15.0 Å². The number of rotatable bonds is 7. The summed E-state index contributed by atoms with van der Waals surface area (Å²) in [7, 11) is 0. The monoisotopic (exact) mass is 636 g/mol. The Morgan fingerprint density at radius 3 is 1.85 bits per heavy atom. The molecule has 188 valence electrons. The van der Waals surface area contributed by atoms with E-state index in [4.69, 9.17) is 21.7 Å². The van der Waals surface area contributed by atoms with Crippen LogP contribution in [0.25, 0.3) is 0 Å². The van der Waals surface area contributed by atoms with Gasteiger partial charge >= 0.3 is 0 Å². The lowest BCUT2D eigenvalue weighted by atomic mass is 10.1. The van der Waals surface area contributed by atoms with Crippen LogP contribution >= 0.6 is 55.9 Å². The fourth-order valence-electron chi connectivity index (χ4n) is 2.29. The summed E-state index contributed by atoms with van der Waals surface area (Å²) < 4.78 is 7.01. The number of hydrogen-bond acceptors (Lipinski definition) is 4. The van der Waals surface area contributed by atoms with Crippen molar-refractivity contribution in [1.29, 1.82) is 5.41 Å². The molecule has 0 aliphatic carbocycles. The van der Waals surface area contributed by atoms with E-state index in [0.29, 0.717) is 19.4 Å². The fourth-order valence-corrected chi connectivity index (χ4v) is 3.28. The summed E-state index contributed by atoms with van der Waals surface area (Å²) in [6, 6.07) is 15.3. The predicted molar refractivity (Wildman–Crippen MR) is 152 cm³/mol. The van der Waals surface area contributed by atoms with Crippen molar-refractivity contribution in [2.45, 2.75) is 53.4 Å². The van der Waals surface area contributed by atoms with Gasteiger partial charge in [-0.05, 0) is 74.2 Å². The average Bonchev–Trinajstić information content (AvgIpc) is 2.75. The van der Waals surface area contributed by atoms with Crippen molar-refractivity contribution >= 4 is 78.6 Å². The van der Waals surface area contributed by atoms with Crippen molar-refractivity contribution in [2.24, 2.45) is 4.99 Å². The Balaban J connectivity index is 0. The first kappa shape index (κ1) is 34.6. The molecule has 2 rings (SSSR count). The largest absolute Gasteiger partial charge is 0.478 e. The minimum absolute atomic E-state index is 0. The van der Waals surface area contributed by atoms with Crippen LogP contribution in [-0.4, -0.2) is 29.4 Å². The van der Waals surface area contributed by atoms with Gasteiger partial charge in [0.1, 0.15) is 0 Å². The molecular formula is C25H32Br2Cl2N2O3. The minimum Gasteiger partial charge on any atom is -0.478 e. The molecule has 1 N–H and O–H groups in total. The molecule has 34 heavy (non-hydrogen) atoms. The van der Waals surface area contributed by atoms with Gasteiger partial charge < -0.3 is 4.74 Å². The third-order valence-electron chi connectivity index (χ3n) is 3.82. The Bertz CT molecular complexity index is 938. The standard InChI is InChI=1S/C12H14BrNO.C9H10BrNO.C4H7ClO.ClH/c1-3-5-12(15)14-9(2)10-6-4-7-11(13)8-10;1-2-12-9(11)7-4-3-5-8(10)6-7;1-2-3-4(5)6;/h4,6-8H,3,5H2,1-2H3;3-6,11H,2H2,1H3;2-3H2,1H3;1H. The van der Waals surface area contributed by atoms with Gasteiger partial charge in [-0.15, -0.1) is 12.4 Å². The molecule has 2 aromatic carbocycles. The number of ether oxygens (including phenoxy) is 1. The molecule has 0 saturated heterocycles. The van der Waals surface area contributed by atoms with E-state index >= 15 is 0 Å². The van der Waals surface area contributed by atoms with Gasteiger partial charge in [0.25, 0.3) is 0 Å². The molecule has 0 unspecified atom stereocenters. The van der Waals surface area contributed by atoms with Crippen LogP contribution in [0.1, 0.15) is 64.5 Å². The normalized spacial score (nSPS) is 9.91. The van der Waals surface area contributed by atoms with Crippen molar-refractivity contribution in [2.75, 3.05) is 6.61 Å². The number of hydrogen-bond donors (Lipinski definition) is 1. The van der Waals surface area contributed by atoms with E-state index in [0.717, 1.165) is 38.6 Å². The van der Waals surface area contributed by atoms with E-state index in [1.54, 1.807) is 0 Å². The molecule has 0 aliphatic rings. The number of nitrogens with one attached hydrogen (secondary N) is 1. The number of benzene rings is 2. The van der Waals surface area contributed by atoms with Crippen molar-refractivity contribution in [1.82, 2.24) is 0 Å². The van der Waals surface area contributed by atoms with Crippen LogP contribution in [0.15, 0.2) is 62.5 Å². The van der Waals surface area contributed by atoms with E-state index in [9.17, 15) is 9.59 Å². The maximum atomic E-state index is 11.3. The van der Waals surface area contributed by atoms with Crippen LogP contribution in [0, 0.1) is 5.41 Å². The highest BCUT2D eigenvalue weighted by Crippen LogP contribution is 2.13. The smallest absolute Gasteiger partial charge is 0.245 e. The number of amides is 1. The molecule has 5 nitrogen and oxygen atoms in total. The van der Waals surface area contributed by atoms with Gasteiger partial charge in [0, 0.05) is 33.1 Å². The highest BCUT2D eigenvalue weighted by Gasteiger charge is 2.02. The molecule has 0 fully saturated rings. The molecule has 0 saturated carbocycles. The molecule has 2 aromatic rings. The Hall–Kier alpha value is -1.54. The number of aliphatic imine (C=N–C) groups is 1. The fraction of sp³-hybridized carbons (Fsp3) is 0.360. The molecule has 0 aromatic heterocycles. The van der Waals surface area contributed by atoms with Crippen molar-refractivity contribution in [3.8, 4) is 0 Å². The molecule has 0 bridgehead atoms. The van der Waals surface area contributed by atoms with Crippen molar-refractivity contribution in [3.05, 3.63) is 68.6 Å². The van der Waals surface area contributed by atoms with Gasteiger partial charge in [-0.25, -0.2) is 4.99 Å². The maximum Gasteiger partial charge on any atom is 0.245 e. The van der Waals surface area contributed by atoms with Crippen LogP contribution in [0.4, 0.5) is 0 Å². The Morgan fingerprint density at radius 2 is 1.44 bits per heavy atom. The molecule has 0 radical (unpaired) electrons. The number of halogens is 4. The van der Waals surface area contributed by atoms with E-state index in [1.165, 1.54) is 0 Å². The summed E-state index contributed by atoms with van der Waals surface area (Å²) in [5.41, 5.74) is 2.55. The van der Waals surface area contributed by atoms with Crippen LogP contribution in [-0.2, 0) is 14.3 Å². The highest BCUT2D eigenvalue weighted by atomic mass is 79.9. The van der Waals surface area contributed by atoms with Crippen molar-refractivity contribution < 1.29 is 14.3 Å². The first-order chi connectivity index (χ1) is 15.6. The lowest BCUT2D eigenvalue weighted by molar-refractivity contribution is -0.117. The van der Waals surface area contributed by atoms with Crippen LogP contribution in [0.2, 0.25) is 0 Å². The number of carbonyl (C=O) groups is 2. The summed E-state index contributed by atoms with van der Waals surface area (Å²) in [4.78, 5) is 25.2. The minimum atomic E-state index is -0.238. The zero-order valence-corrected chi connectivity index (χ0v) is 24.6. The zero-order valence-electron chi connectivity index (χ0n) is 19.9. The Labute approximate surface area is 230 Å². The molecule has 0 aliphatic heterocycles. The second kappa shape index (κ2) is 20.8. The molecule has 9 heteroatoms. The summed E-state index contributed by atoms with van der Waals surface area (Å²) in [6.07, 6.45) is 2.71. The van der Waals surface area contributed by atoms with E-state index < -0.39 is 0 Å². The van der Waals surface area contributed by atoms with E-state index in [-0.39, 0.29) is 29.5 Å². The predicted octanol–water partition coefficient (Wildman–Crippen LogP) is 8.37. The molecule has 0 spiro atoms. The first-order valence-electron chi connectivity index (χ1n) is 10.6. The molecule has 0 atom stereocenters. The molecule has 0 heterocycles. The SMILES string of the molecule is CCCC(=O)Cl.CCCC(=O)N=C(C)c1cccc(Br)c1.CCOC(=N)c1cccc(Br)c1.Cl. The van der Waals surface area contributed by atoms with Crippen LogP contribution < -0.4 is 0 Å². The topological polar surface area (TPSA) is 79.6 Å². The second-order valence-corrected chi connectivity index (χ2v) is 8.98. The zero-order chi connectivity index (χ0) is 25.2. The van der Waals surface area contributed by atoms with Gasteiger partial charge in [0.2, 0.25) is 17.0 Å². The van der Waals surface area contributed by atoms with Crippen molar-refractivity contribution in [3.63, 3.8) is 0 Å². The lowest BCUT2D eigenvalue weighted by Crippen LogP contribution is -2.03. The highest BCUT2D eigenvalue weighted by molar-refractivity contribution is 9.10. The van der Waals surface area contributed by atoms with Gasteiger partial charge in [-0.2, -0.15) is 0 Å². The molecule has 1 amide bonds. The summed E-state index contributed by atoms with van der Waals surface area (Å²) in [5, 5.41) is 7.24. The van der Waals surface area contributed by atoms with Gasteiger partial charge in [-0.1, -0.05) is 63.9 Å². The quantitative estimate of drug-likeness (QED) is 0.188. The Kier molecular flexibility index (Phi) is 21.2. The summed E-state index contributed by atoms with van der Waals surface area (Å²) in [5.74, 6) is 0.175. The third kappa shape index (κ3) is 17.0. The van der Waals surface area contributed by atoms with E-state index in [2.05, 4.69) is 36.9 Å². The van der Waals surface area contributed by atoms with Crippen LogP contribution in [0.3, 0.4) is 0 Å². The third-order valence-corrected chi connectivity index (χ3v) is 5.00. The number of nitrogens with zero attached hydrogens (tertiary/aromatic N) is 1. The van der Waals surface area contributed by atoms with Gasteiger partial charge in [0.05, 0.1) is 6.61 Å². The molecular weight excluding hydrogens is 607 g/mol.